The molecular formula is C14H21NO3. The van der Waals surface area contributed by atoms with Gasteiger partial charge in [-0.3, -0.25) is 0 Å². The Kier molecular flexibility index (Phi) is 5.16. The minimum atomic E-state index is -0.808. The van der Waals surface area contributed by atoms with Crippen LogP contribution in [0.5, 0.6) is 5.75 Å². The van der Waals surface area contributed by atoms with E-state index in [1.807, 2.05) is 32.0 Å². The summed E-state index contributed by atoms with van der Waals surface area (Å²) in [4.78, 5) is 0. The maximum atomic E-state index is 10.2. The van der Waals surface area contributed by atoms with E-state index in [1.165, 1.54) is 0 Å². The first kappa shape index (κ1) is 14.5. The van der Waals surface area contributed by atoms with Crippen LogP contribution in [-0.2, 0) is 0 Å². The molecule has 0 fully saturated rings. The summed E-state index contributed by atoms with van der Waals surface area (Å²) in [5.74, 6) is 0.619. The molecule has 0 radical (unpaired) electrons. The fourth-order valence-corrected chi connectivity index (χ4v) is 1.61. The van der Waals surface area contributed by atoms with Gasteiger partial charge in [-0.05, 0) is 31.9 Å². The Balaban J connectivity index is 2.85. The standard InChI is InChI=1S/C14H21NO3/c1-4-14(16,5-2)10-18-13-9-7-6-8-12(13)11(3)15-17/h6-9,16-17H,4-5,10H2,1-3H3/b15-11+. The number of oxime groups is 1. The van der Waals surface area contributed by atoms with Crippen molar-refractivity contribution in [1.82, 2.24) is 0 Å². The minimum Gasteiger partial charge on any atom is -0.490 e. The van der Waals surface area contributed by atoms with E-state index >= 15 is 0 Å². The Morgan fingerprint density at radius 3 is 2.44 bits per heavy atom. The van der Waals surface area contributed by atoms with Crippen LogP contribution >= 0.6 is 0 Å². The summed E-state index contributed by atoms with van der Waals surface area (Å²) in [7, 11) is 0. The van der Waals surface area contributed by atoms with Gasteiger partial charge in [0.2, 0.25) is 0 Å². The third kappa shape index (κ3) is 3.47. The SMILES string of the molecule is CCC(O)(CC)COc1ccccc1/C(C)=N/O. The molecule has 100 valence electrons. The number of benzene rings is 1. The molecule has 1 aromatic rings. The largest absolute Gasteiger partial charge is 0.490 e. The van der Waals surface area contributed by atoms with Crippen LogP contribution in [0, 0.1) is 0 Å². The molecule has 0 aromatic heterocycles. The number of aliphatic hydroxyl groups is 1. The highest BCUT2D eigenvalue weighted by Gasteiger charge is 2.23. The number of rotatable bonds is 6. The first-order valence-electron chi connectivity index (χ1n) is 6.19. The maximum Gasteiger partial charge on any atom is 0.128 e. The first-order chi connectivity index (χ1) is 8.56. The lowest BCUT2D eigenvalue weighted by Crippen LogP contribution is -2.34. The fourth-order valence-electron chi connectivity index (χ4n) is 1.61. The van der Waals surface area contributed by atoms with Gasteiger partial charge >= 0.3 is 0 Å². The molecule has 4 heteroatoms. The van der Waals surface area contributed by atoms with Crippen LogP contribution in [-0.4, -0.2) is 28.2 Å². The highest BCUT2D eigenvalue weighted by atomic mass is 16.5. The second-order valence-corrected chi connectivity index (χ2v) is 4.40. The molecule has 0 heterocycles. The zero-order chi connectivity index (χ0) is 13.6. The van der Waals surface area contributed by atoms with Gasteiger partial charge in [-0.25, -0.2) is 0 Å². The number of ether oxygens (including phenoxy) is 1. The van der Waals surface area contributed by atoms with Gasteiger partial charge in [-0.1, -0.05) is 31.1 Å². The zero-order valence-electron chi connectivity index (χ0n) is 11.2. The van der Waals surface area contributed by atoms with Crippen molar-refractivity contribution in [2.24, 2.45) is 5.16 Å². The Morgan fingerprint density at radius 1 is 1.28 bits per heavy atom. The summed E-state index contributed by atoms with van der Waals surface area (Å²) in [6.07, 6.45) is 1.28. The molecule has 0 atom stereocenters. The van der Waals surface area contributed by atoms with Gasteiger partial charge < -0.3 is 15.1 Å². The smallest absolute Gasteiger partial charge is 0.128 e. The van der Waals surface area contributed by atoms with Crippen LogP contribution < -0.4 is 4.74 Å². The van der Waals surface area contributed by atoms with Crippen molar-refractivity contribution < 1.29 is 15.1 Å². The monoisotopic (exact) mass is 251 g/mol. The molecule has 1 aromatic carbocycles. The molecule has 0 aliphatic rings. The third-order valence-electron chi connectivity index (χ3n) is 3.24. The van der Waals surface area contributed by atoms with Crippen LogP contribution in [0.2, 0.25) is 0 Å². The zero-order valence-corrected chi connectivity index (χ0v) is 11.2. The Hall–Kier alpha value is -1.55. The van der Waals surface area contributed by atoms with Gasteiger partial charge in [0.15, 0.2) is 0 Å². The van der Waals surface area contributed by atoms with Gasteiger partial charge in [-0.2, -0.15) is 0 Å². The second-order valence-electron chi connectivity index (χ2n) is 4.40. The summed E-state index contributed by atoms with van der Waals surface area (Å²) in [5, 5.41) is 22.2. The van der Waals surface area contributed by atoms with Gasteiger partial charge in [0.1, 0.15) is 12.4 Å². The predicted molar refractivity (Wildman–Crippen MR) is 71.5 cm³/mol. The van der Waals surface area contributed by atoms with Crippen molar-refractivity contribution in [3.63, 3.8) is 0 Å². The van der Waals surface area contributed by atoms with Crippen LogP contribution in [0.15, 0.2) is 29.4 Å². The Morgan fingerprint density at radius 2 is 1.89 bits per heavy atom. The fraction of sp³-hybridized carbons (Fsp3) is 0.500. The van der Waals surface area contributed by atoms with Crippen molar-refractivity contribution in [3.05, 3.63) is 29.8 Å². The van der Waals surface area contributed by atoms with Crippen LogP contribution in [0.4, 0.5) is 0 Å². The molecule has 0 bridgehead atoms. The molecule has 0 aliphatic carbocycles. The third-order valence-corrected chi connectivity index (χ3v) is 3.24. The van der Waals surface area contributed by atoms with Gasteiger partial charge in [0, 0.05) is 5.56 Å². The first-order valence-corrected chi connectivity index (χ1v) is 6.19. The summed E-state index contributed by atoms with van der Waals surface area (Å²) in [6, 6.07) is 7.32. The summed E-state index contributed by atoms with van der Waals surface area (Å²) < 4.78 is 5.67. The van der Waals surface area contributed by atoms with Gasteiger partial charge in [-0.15, -0.1) is 0 Å². The van der Waals surface area contributed by atoms with Crippen LogP contribution in [0.25, 0.3) is 0 Å². The van der Waals surface area contributed by atoms with E-state index in [0.29, 0.717) is 24.3 Å². The lowest BCUT2D eigenvalue weighted by Gasteiger charge is -2.25. The minimum absolute atomic E-state index is 0.232. The van der Waals surface area contributed by atoms with Crippen LogP contribution in [0.3, 0.4) is 0 Å². The molecule has 0 spiro atoms. The van der Waals surface area contributed by atoms with Crippen molar-refractivity contribution >= 4 is 5.71 Å². The average Bonchev–Trinajstić information content (AvgIpc) is 2.44. The number of para-hydroxylation sites is 1. The highest BCUT2D eigenvalue weighted by molar-refractivity contribution is 6.00. The Bertz CT molecular complexity index is 411. The molecule has 0 aliphatic heterocycles. The lowest BCUT2D eigenvalue weighted by atomic mass is 9.99. The van der Waals surface area contributed by atoms with Crippen molar-refractivity contribution in [3.8, 4) is 5.75 Å². The van der Waals surface area contributed by atoms with E-state index in [1.54, 1.807) is 13.0 Å². The van der Waals surface area contributed by atoms with E-state index in [9.17, 15) is 5.11 Å². The molecule has 0 unspecified atom stereocenters. The highest BCUT2D eigenvalue weighted by Crippen LogP contribution is 2.22. The normalized spacial score (nSPS) is 12.6. The van der Waals surface area contributed by atoms with E-state index in [2.05, 4.69) is 5.16 Å². The van der Waals surface area contributed by atoms with E-state index in [0.717, 1.165) is 5.56 Å². The second kappa shape index (κ2) is 6.40. The molecule has 2 N–H and O–H groups in total. The molecule has 4 nitrogen and oxygen atoms in total. The van der Waals surface area contributed by atoms with Crippen molar-refractivity contribution in [2.45, 2.75) is 39.2 Å². The number of hydrogen-bond acceptors (Lipinski definition) is 4. The summed E-state index contributed by atoms with van der Waals surface area (Å²) in [5.41, 5.74) is 0.411. The van der Waals surface area contributed by atoms with Crippen LogP contribution in [0.1, 0.15) is 39.2 Å². The average molecular weight is 251 g/mol. The summed E-state index contributed by atoms with van der Waals surface area (Å²) in [6.45, 7) is 5.79. The topological polar surface area (TPSA) is 62.0 Å². The maximum absolute atomic E-state index is 10.2. The number of nitrogens with zero attached hydrogens (tertiary/aromatic N) is 1. The molecule has 0 saturated carbocycles. The summed E-state index contributed by atoms with van der Waals surface area (Å²) >= 11 is 0. The molecule has 0 amide bonds. The lowest BCUT2D eigenvalue weighted by molar-refractivity contribution is -0.0114. The van der Waals surface area contributed by atoms with E-state index in [4.69, 9.17) is 9.94 Å². The quantitative estimate of drug-likeness (QED) is 0.464. The Labute approximate surface area is 108 Å². The van der Waals surface area contributed by atoms with Crippen molar-refractivity contribution in [2.75, 3.05) is 6.61 Å². The van der Waals surface area contributed by atoms with E-state index in [-0.39, 0.29) is 6.61 Å². The number of hydrogen-bond donors (Lipinski definition) is 2. The molecule has 18 heavy (non-hydrogen) atoms. The molecular weight excluding hydrogens is 230 g/mol. The molecule has 1 rings (SSSR count). The predicted octanol–water partition coefficient (Wildman–Crippen LogP) is 2.81. The van der Waals surface area contributed by atoms with Crippen molar-refractivity contribution in [1.29, 1.82) is 0 Å². The molecule has 0 saturated heterocycles. The van der Waals surface area contributed by atoms with E-state index < -0.39 is 5.60 Å². The van der Waals surface area contributed by atoms with Gasteiger partial charge in [0.25, 0.3) is 0 Å². The van der Waals surface area contributed by atoms with Gasteiger partial charge in [0.05, 0.1) is 11.3 Å².